The van der Waals surface area contributed by atoms with Crippen molar-refractivity contribution in [1.29, 1.82) is 0 Å². The minimum atomic E-state index is -1.13. The van der Waals surface area contributed by atoms with E-state index < -0.39 is 29.3 Å². The number of nitrogens with zero attached hydrogens (tertiary/aromatic N) is 2. The molecule has 0 heterocycles. The highest BCUT2D eigenvalue weighted by atomic mass is 32.2. The molecule has 11 heteroatoms. The summed E-state index contributed by atoms with van der Waals surface area (Å²) in [6.07, 6.45) is 0. The van der Waals surface area contributed by atoms with Crippen LogP contribution < -0.4 is 10.7 Å². The monoisotopic (exact) mass is 434 g/mol. The predicted molar refractivity (Wildman–Crippen MR) is 115 cm³/mol. The molecular weight excluding hydrogens is 412 g/mol. The number of anilines is 1. The lowest BCUT2D eigenvalue weighted by Crippen LogP contribution is -2.35. The highest BCUT2D eigenvalue weighted by Gasteiger charge is 2.19. The second-order valence-corrected chi connectivity index (χ2v) is 6.59. The maximum Gasteiger partial charge on any atom is 0.346 e. The van der Waals surface area contributed by atoms with Crippen LogP contribution in [0.4, 0.5) is 5.69 Å². The van der Waals surface area contributed by atoms with Gasteiger partial charge in [0.25, 0.3) is 5.91 Å². The first-order valence-corrected chi connectivity index (χ1v) is 9.63. The molecule has 10 nitrogen and oxygen atoms in total. The second kappa shape index (κ2) is 12.2. The molecule has 1 aromatic carbocycles. The molecule has 0 saturated heterocycles. The van der Waals surface area contributed by atoms with Crippen molar-refractivity contribution in [3.63, 3.8) is 0 Å². The summed E-state index contributed by atoms with van der Waals surface area (Å²) in [6.45, 7) is 7.94. The fourth-order valence-corrected chi connectivity index (χ4v) is 2.77. The largest absolute Gasteiger partial charge is 0.478 e. The van der Waals surface area contributed by atoms with Gasteiger partial charge in [0.1, 0.15) is 4.91 Å². The van der Waals surface area contributed by atoms with Gasteiger partial charge in [-0.25, -0.2) is 9.59 Å². The zero-order chi connectivity index (χ0) is 22.7. The zero-order valence-corrected chi connectivity index (χ0v) is 17.5. The molecule has 1 rings (SSSR count). The van der Waals surface area contributed by atoms with Crippen molar-refractivity contribution in [2.75, 3.05) is 17.9 Å². The smallest absolute Gasteiger partial charge is 0.346 e. The van der Waals surface area contributed by atoms with Crippen molar-refractivity contribution in [2.24, 2.45) is 10.1 Å². The van der Waals surface area contributed by atoms with Gasteiger partial charge in [-0.3, -0.25) is 20.0 Å². The molecule has 0 aliphatic heterocycles. The number of carbonyl (C=O) groups is 4. The molecule has 0 atom stereocenters. The number of hydrogen-bond acceptors (Lipinski definition) is 9. The van der Waals surface area contributed by atoms with Gasteiger partial charge in [0.15, 0.2) is 11.5 Å². The van der Waals surface area contributed by atoms with Crippen LogP contribution in [0, 0.1) is 0 Å². The molecule has 0 saturated carbocycles. The van der Waals surface area contributed by atoms with Gasteiger partial charge in [-0.1, -0.05) is 17.8 Å². The van der Waals surface area contributed by atoms with E-state index in [4.69, 9.17) is 9.84 Å². The predicted octanol–water partition coefficient (Wildman–Crippen LogP) is 2.04. The van der Waals surface area contributed by atoms with E-state index in [2.05, 4.69) is 27.6 Å². The zero-order valence-electron chi connectivity index (χ0n) is 16.7. The molecule has 3 N–H and O–H groups in total. The third-order valence-electron chi connectivity index (χ3n) is 3.43. The number of hydrazone groups is 1. The number of aliphatic imine (C=N–C) groups is 1. The molecular formula is C19H22N4O6S. The average Bonchev–Trinajstić information content (AvgIpc) is 2.70. The van der Waals surface area contributed by atoms with E-state index in [1.54, 1.807) is 13.8 Å². The highest BCUT2D eigenvalue weighted by molar-refractivity contribution is 8.03. The van der Waals surface area contributed by atoms with E-state index in [1.807, 2.05) is 0 Å². The van der Waals surface area contributed by atoms with E-state index in [0.29, 0.717) is 5.70 Å². The number of carbonyl (C=O) groups excluding carboxylic acids is 3. The number of thioether (sulfide) groups is 1. The van der Waals surface area contributed by atoms with Gasteiger partial charge < -0.3 is 15.2 Å². The van der Waals surface area contributed by atoms with Crippen LogP contribution in [0.15, 0.2) is 45.0 Å². The molecule has 0 bridgehead atoms. The number of aromatic carboxylic acids is 1. The number of Topliss-reactive ketones (excluding diaryl/α,β-unsaturated/α-hetero) is 1. The lowest BCUT2D eigenvalue weighted by atomic mass is 10.2. The van der Waals surface area contributed by atoms with Crippen LogP contribution in [0.3, 0.4) is 0 Å². The molecule has 0 unspecified atom stereocenters. The third kappa shape index (κ3) is 7.51. The van der Waals surface area contributed by atoms with Crippen LogP contribution in [0.5, 0.6) is 0 Å². The molecule has 160 valence electrons. The number of carboxylic acid groups (broad SMARTS) is 1. The Balaban J connectivity index is 2.85. The standard InChI is InChI=1S/C19H22N4O6S/c1-5-29-19(28)16(11(2)20-4)30-10-21-17(25)15(12(3)24)23-22-14-8-6-7-13(9-14)18(26)27/h6-9,22H,4-5,10H2,1-3H3,(H,21,25)(H,26,27)/b16-11-,23-15+. The van der Waals surface area contributed by atoms with Crippen molar-refractivity contribution in [3.05, 3.63) is 40.4 Å². The van der Waals surface area contributed by atoms with Crippen LogP contribution in [-0.2, 0) is 19.1 Å². The first kappa shape index (κ1) is 24.6. The van der Waals surface area contributed by atoms with Crippen molar-refractivity contribution in [1.82, 2.24) is 5.32 Å². The number of allylic oxidation sites excluding steroid dienone is 1. The number of rotatable bonds is 11. The summed E-state index contributed by atoms with van der Waals surface area (Å²) in [6, 6.07) is 5.72. The quantitative estimate of drug-likeness (QED) is 0.120. The van der Waals surface area contributed by atoms with E-state index in [-0.39, 0.29) is 28.6 Å². The molecule has 0 radical (unpaired) electrons. The number of ether oxygens (including phenoxy) is 1. The summed E-state index contributed by atoms with van der Waals surface area (Å²) < 4.78 is 4.94. The summed E-state index contributed by atoms with van der Waals surface area (Å²) in [5.41, 5.74) is 2.72. The highest BCUT2D eigenvalue weighted by Crippen LogP contribution is 2.21. The van der Waals surface area contributed by atoms with Gasteiger partial charge in [0.05, 0.1) is 29.4 Å². The first-order valence-electron chi connectivity index (χ1n) is 8.64. The number of carboxylic acids is 1. The maximum absolute atomic E-state index is 12.3. The molecule has 0 spiro atoms. The summed E-state index contributed by atoms with van der Waals surface area (Å²) >= 11 is 0.967. The SMILES string of the molecule is C=N/C(C)=C(\SCNC(=O)/C(=N/Nc1cccc(C(=O)O)c1)C(C)=O)C(=O)OCC. The maximum atomic E-state index is 12.3. The van der Waals surface area contributed by atoms with Crippen molar-refractivity contribution < 1.29 is 29.0 Å². The minimum absolute atomic E-state index is 0.0184. The molecule has 0 aliphatic rings. The molecule has 0 fully saturated rings. The fourth-order valence-electron chi connectivity index (χ4n) is 1.97. The number of esters is 1. The summed E-state index contributed by atoms with van der Waals surface area (Å²) in [5, 5.41) is 15.3. The van der Waals surface area contributed by atoms with E-state index >= 15 is 0 Å². The van der Waals surface area contributed by atoms with Crippen molar-refractivity contribution in [3.8, 4) is 0 Å². The summed E-state index contributed by atoms with van der Waals surface area (Å²) in [7, 11) is 0. The van der Waals surface area contributed by atoms with Crippen LogP contribution in [-0.4, -0.2) is 53.6 Å². The van der Waals surface area contributed by atoms with Gasteiger partial charge >= 0.3 is 11.9 Å². The van der Waals surface area contributed by atoms with E-state index in [9.17, 15) is 19.2 Å². The van der Waals surface area contributed by atoms with Crippen molar-refractivity contribution >= 4 is 53.5 Å². The Morgan fingerprint density at radius 2 is 1.93 bits per heavy atom. The lowest BCUT2D eigenvalue weighted by molar-refractivity contribution is -0.137. The van der Waals surface area contributed by atoms with E-state index in [0.717, 1.165) is 18.7 Å². The Morgan fingerprint density at radius 3 is 2.50 bits per heavy atom. The van der Waals surface area contributed by atoms with Crippen LogP contribution in [0.2, 0.25) is 0 Å². The lowest BCUT2D eigenvalue weighted by Gasteiger charge is -2.10. The molecule has 0 aromatic heterocycles. The van der Waals surface area contributed by atoms with E-state index in [1.165, 1.54) is 24.3 Å². The van der Waals surface area contributed by atoms with Crippen LogP contribution >= 0.6 is 11.8 Å². The van der Waals surface area contributed by atoms with Crippen LogP contribution in [0.1, 0.15) is 31.1 Å². The Kier molecular flexibility index (Phi) is 9.97. The topological polar surface area (TPSA) is 147 Å². The Bertz CT molecular complexity index is 910. The van der Waals surface area contributed by atoms with Gasteiger partial charge in [0.2, 0.25) is 0 Å². The van der Waals surface area contributed by atoms with Gasteiger partial charge in [-0.2, -0.15) is 5.10 Å². The normalized spacial score (nSPS) is 11.8. The average molecular weight is 434 g/mol. The number of ketones is 1. The minimum Gasteiger partial charge on any atom is -0.478 e. The number of benzene rings is 1. The molecule has 30 heavy (non-hydrogen) atoms. The van der Waals surface area contributed by atoms with Gasteiger partial charge in [0, 0.05) is 6.92 Å². The Morgan fingerprint density at radius 1 is 1.23 bits per heavy atom. The van der Waals surface area contributed by atoms with Crippen molar-refractivity contribution in [2.45, 2.75) is 20.8 Å². The summed E-state index contributed by atoms with van der Waals surface area (Å²) in [5.74, 6) is -3.16. The number of nitrogens with one attached hydrogen (secondary N) is 2. The molecule has 1 amide bonds. The van der Waals surface area contributed by atoms with Gasteiger partial charge in [-0.05, 0) is 38.8 Å². The number of amides is 1. The first-order chi connectivity index (χ1) is 14.2. The molecule has 0 aliphatic carbocycles. The third-order valence-corrected chi connectivity index (χ3v) is 4.47. The van der Waals surface area contributed by atoms with Gasteiger partial charge in [-0.15, -0.1) is 0 Å². The summed E-state index contributed by atoms with van der Waals surface area (Å²) in [4.78, 5) is 51.0. The second-order valence-electron chi connectivity index (χ2n) is 5.60. The molecule has 1 aromatic rings. The number of hydrogen-bond donors (Lipinski definition) is 3. The fraction of sp³-hybridized carbons (Fsp3) is 0.263. The Labute approximate surface area is 177 Å². The Hall–Kier alpha value is -3.47. The van der Waals surface area contributed by atoms with Crippen LogP contribution in [0.25, 0.3) is 0 Å².